The predicted octanol–water partition coefficient (Wildman–Crippen LogP) is 1.48. The Morgan fingerprint density at radius 3 is 2.33 bits per heavy atom. The Labute approximate surface area is 158 Å². The Morgan fingerprint density at radius 1 is 1.00 bits per heavy atom. The topological polar surface area (TPSA) is 114 Å². The summed E-state index contributed by atoms with van der Waals surface area (Å²) in [5.74, 6) is -2.04. The Balaban J connectivity index is 1.70. The molecule has 3 amide bonds. The van der Waals surface area contributed by atoms with Gasteiger partial charge in [-0.1, -0.05) is 6.07 Å². The average Bonchev–Trinajstić information content (AvgIpc) is 2.96. The zero-order valence-electron chi connectivity index (χ0n) is 14.0. The highest BCUT2D eigenvalue weighted by Gasteiger charge is 2.29. The molecular weight excluding hydrogens is 370 g/mol. The van der Waals surface area contributed by atoms with Crippen molar-refractivity contribution in [1.29, 1.82) is 0 Å². The molecule has 9 heteroatoms. The maximum atomic E-state index is 12.3. The quantitative estimate of drug-likeness (QED) is 0.418. The molecule has 0 unspecified atom stereocenters. The van der Waals surface area contributed by atoms with Crippen molar-refractivity contribution in [3.63, 3.8) is 0 Å². The van der Waals surface area contributed by atoms with Crippen LogP contribution in [0.25, 0.3) is 0 Å². The molecule has 27 heavy (non-hydrogen) atoms. The molecular formula is C18H13N3O5S. The van der Waals surface area contributed by atoms with Crippen molar-refractivity contribution < 1.29 is 23.9 Å². The van der Waals surface area contributed by atoms with Crippen LogP contribution in [0, 0.1) is 0 Å². The first-order valence-electron chi connectivity index (χ1n) is 7.70. The largest absolute Gasteiger partial charge is 0.465 e. The van der Waals surface area contributed by atoms with Crippen LogP contribution in [-0.4, -0.2) is 35.9 Å². The molecule has 2 aromatic carbocycles. The zero-order valence-corrected chi connectivity index (χ0v) is 14.8. The highest BCUT2D eigenvalue weighted by Crippen LogP contribution is 2.24. The van der Waals surface area contributed by atoms with Crippen molar-refractivity contribution in [2.45, 2.75) is 0 Å². The van der Waals surface area contributed by atoms with Crippen molar-refractivity contribution in [3.05, 3.63) is 64.7 Å². The molecule has 0 atom stereocenters. The van der Waals surface area contributed by atoms with Crippen molar-refractivity contribution in [3.8, 4) is 0 Å². The number of thiocarbonyl (C=S) groups is 1. The maximum absolute atomic E-state index is 12.3. The first-order valence-corrected chi connectivity index (χ1v) is 8.11. The van der Waals surface area contributed by atoms with Crippen LogP contribution in [0.4, 0.5) is 5.69 Å². The summed E-state index contributed by atoms with van der Waals surface area (Å²) in [5, 5.41) is 7.37. The molecule has 0 aromatic heterocycles. The summed E-state index contributed by atoms with van der Waals surface area (Å²) in [6, 6.07) is 10.5. The van der Waals surface area contributed by atoms with E-state index in [1.807, 2.05) is 0 Å². The number of nitrogens with one attached hydrogen (secondary N) is 3. The second kappa shape index (κ2) is 7.34. The zero-order chi connectivity index (χ0) is 19.6. The van der Waals surface area contributed by atoms with Crippen LogP contribution in [-0.2, 0) is 4.74 Å². The van der Waals surface area contributed by atoms with Gasteiger partial charge in [-0.2, -0.15) is 0 Å². The van der Waals surface area contributed by atoms with E-state index in [1.165, 1.54) is 37.4 Å². The van der Waals surface area contributed by atoms with Gasteiger partial charge in [-0.25, -0.2) is 4.79 Å². The number of carbonyl (C=O) groups is 4. The number of hydrogen-bond acceptors (Lipinski definition) is 6. The number of benzene rings is 2. The summed E-state index contributed by atoms with van der Waals surface area (Å²) < 4.78 is 4.59. The van der Waals surface area contributed by atoms with Crippen LogP contribution < -0.4 is 16.0 Å². The molecule has 0 spiro atoms. The van der Waals surface area contributed by atoms with Crippen LogP contribution in [0.1, 0.15) is 41.4 Å². The minimum absolute atomic E-state index is 0.0439. The van der Waals surface area contributed by atoms with E-state index in [0.717, 1.165) is 0 Å². The Kier molecular flexibility index (Phi) is 4.95. The lowest BCUT2D eigenvalue weighted by molar-refractivity contribution is 0.0600. The van der Waals surface area contributed by atoms with Gasteiger partial charge in [0.05, 0.1) is 29.5 Å². The molecule has 0 aliphatic carbocycles. The number of carbonyl (C=O) groups excluding carboxylic acids is 4. The van der Waals surface area contributed by atoms with Gasteiger partial charge >= 0.3 is 5.97 Å². The van der Waals surface area contributed by atoms with Gasteiger partial charge in [0, 0.05) is 5.56 Å². The molecule has 1 aliphatic rings. The number of anilines is 1. The monoisotopic (exact) mass is 383 g/mol. The van der Waals surface area contributed by atoms with Gasteiger partial charge in [0.1, 0.15) is 0 Å². The fourth-order valence-corrected chi connectivity index (χ4v) is 2.73. The van der Waals surface area contributed by atoms with E-state index in [2.05, 4.69) is 20.7 Å². The van der Waals surface area contributed by atoms with Gasteiger partial charge in [-0.05, 0) is 48.6 Å². The molecule has 3 rings (SSSR count). The van der Waals surface area contributed by atoms with E-state index in [-0.39, 0.29) is 21.8 Å². The first kappa shape index (κ1) is 18.2. The molecule has 2 aromatic rings. The van der Waals surface area contributed by atoms with Gasteiger partial charge in [-0.15, -0.1) is 0 Å². The highest BCUT2D eigenvalue weighted by atomic mass is 32.1. The third-order valence-corrected chi connectivity index (χ3v) is 4.01. The van der Waals surface area contributed by atoms with Crippen molar-refractivity contribution in [1.82, 2.24) is 10.6 Å². The van der Waals surface area contributed by atoms with Gasteiger partial charge in [0.25, 0.3) is 17.7 Å². The molecule has 1 aliphatic heterocycles. The third kappa shape index (κ3) is 3.67. The van der Waals surface area contributed by atoms with E-state index in [1.54, 1.807) is 12.1 Å². The van der Waals surface area contributed by atoms with Crippen LogP contribution in [0.5, 0.6) is 0 Å². The summed E-state index contributed by atoms with van der Waals surface area (Å²) in [6.07, 6.45) is 0. The number of rotatable bonds is 3. The summed E-state index contributed by atoms with van der Waals surface area (Å²) in [4.78, 5) is 47.2. The molecule has 0 saturated carbocycles. The molecule has 1 heterocycles. The molecule has 0 fully saturated rings. The van der Waals surface area contributed by atoms with Crippen molar-refractivity contribution in [2.24, 2.45) is 0 Å². The lowest BCUT2D eigenvalue weighted by atomic mass is 10.1. The predicted molar refractivity (Wildman–Crippen MR) is 99.7 cm³/mol. The van der Waals surface area contributed by atoms with Gasteiger partial charge < -0.3 is 10.1 Å². The number of amides is 3. The van der Waals surface area contributed by atoms with E-state index >= 15 is 0 Å². The van der Waals surface area contributed by atoms with Crippen LogP contribution in [0.15, 0.2) is 42.5 Å². The van der Waals surface area contributed by atoms with E-state index < -0.39 is 23.7 Å². The molecule has 0 saturated heterocycles. The second-order valence-corrected chi connectivity index (χ2v) is 5.90. The van der Waals surface area contributed by atoms with Crippen LogP contribution in [0.2, 0.25) is 0 Å². The first-order chi connectivity index (χ1) is 12.9. The second-order valence-electron chi connectivity index (χ2n) is 5.49. The van der Waals surface area contributed by atoms with E-state index in [0.29, 0.717) is 11.3 Å². The van der Waals surface area contributed by atoms with Crippen molar-refractivity contribution in [2.75, 3.05) is 12.4 Å². The fraction of sp³-hybridized carbons (Fsp3) is 0.0556. The molecule has 3 N–H and O–H groups in total. The van der Waals surface area contributed by atoms with Crippen LogP contribution >= 0.6 is 12.2 Å². The van der Waals surface area contributed by atoms with Crippen molar-refractivity contribution >= 4 is 46.7 Å². The third-order valence-electron chi connectivity index (χ3n) is 3.81. The summed E-state index contributed by atoms with van der Waals surface area (Å²) >= 11 is 5.10. The normalized spacial score (nSPS) is 12.0. The number of methoxy groups -OCH3 is 1. The number of hydrogen-bond donors (Lipinski definition) is 3. The van der Waals surface area contributed by atoms with E-state index in [9.17, 15) is 19.2 Å². The van der Waals surface area contributed by atoms with Gasteiger partial charge in [-0.3, -0.25) is 25.0 Å². The molecule has 136 valence electrons. The molecule has 8 nitrogen and oxygen atoms in total. The smallest absolute Gasteiger partial charge is 0.337 e. The number of esters is 1. The summed E-state index contributed by atoms with van der Waals surface area (Å²) in [6.45, 7) is 0. The SMILES string of the molecule is COC(=O)c1ccc(C(=O)NC(=S)Nc2cccc3c2C(=O)NC3=O)cc1. The lowest BCUT2D eigenvalue weighted by Crippen LogP contribution is -2.34. The Morgan fingerprint density at radius 2 is 1.67 bits per heavy atom. The minimum Gasteiger partial charge on any atom is -0.465 e. The summed E-state index contributed by atoms with van der Waals surface area (Å²) in [7, 11) is 1.27. The fourth-order valence-electron chi connectivity index (χ4n) is 2.53. The van der Waals surface area contributed by atoms with Gasteiger partial charge in [0.15, 0.2) is 5.11 Å². The lowest BCUT2D eigenvalue weighted by Gasteiger charge is -2.11. The highest BCUT2D eigenvalue weighted by molar-refractivity contribution is 7.80. The maximum Gasteiger partial charge on any atom is 0.337 e. The number of fused-ring (bicyclic) bond motifs is 1. The molecule has 0 radical (unpaired) electrons. The standard InChI is InChI=1S/C18H13N3O5S/c1-26-17(25)10-7-5-9(6-8-10)14(22)21-18(27)19-12-4-2-3-11-13(12)16(24)20-15(11)23/h2-8H,1H3,(H,20,23,24)(H2,19,21,22,27). The van der Waals surface area contributed by atoms with Crippen LogP contribution in [0.3, 0.4) is 0 Å². The number of imide groups is 1. The number of ether oxygens (including phenoxy) is 1. The Bertz CT molecular complexity index is 985. The average molecular weight is 383 g/mol. The molecule has 0 bridgehead atoms. The summed E-state index contributed by atoms with van der Waals surface area (Å²) in [5.41, 5.74) is 1.30. The Hall–Kier alpha value is -3.59. The minimum atomic E-state index is -0.536. The van der Waals surface area contributed by atoms with E-state index in [4.69, 9.17) is 12.2 Å². The van der Waals surface area contributed by atoms with Gasteiger partial charge in [0.2, 0.25) is 0 Å².